The van der Waals surface area contributed by atoms with Crippen LogP contribution in [0.2, 0.25) is 0 Å². The van der Waals surface area contributed by atoms with E-state index in [1.165, 1.54) is 13.2 Å². The quantitative estimate of drug-likeness (QED) is 0.809. The minimum atomic E-state index is -1.42. The number of fused-ring (bicyclic) bond motifs is 1. The molecule has 2 rings (SSSR count). The van der Waals surface area contributed by atoms with Gasteiger partial charge < -0.3 is 24.1 Å². The zero-order valence-corrected chi connectivity index (χ0v) is 10.1. The number of ether oxygens (including phenoxy) is 4. The van der Waals surface area contributed by atoms with Crippen molar-refractivity contribution >= 4 is 5.97 Å². The molecular weight excluding hydrogens is 240 g/mol. The maximum Gasteiger partial charge on any atom is 0.339 e. The Kier molecular flexibility index (Phi) is 3.57. The van der Waals surface area contributed by atoms with Crippen molar-refractivity contribution in [3.05, 3.63) is 17.7 Å². The Balaban J connectivity index is 2.37. The highest BCUT2D eigenvalue weighted by atomic mass is 16.7. The molecule has 1 unspecified atom stereocenters. The zero-order valence-electron chi connectivity index (χ0n) is 10.1. The molecule has 6 nitrogen and oxygen atoms in total. The molecule has 1 heterocycles. The molecule has 1 aliphatic heterocycles. The highest BCUT2D eigenvalue weighted by molar-refractivity contribution is 5.78. The first-order valence-electron chi connectivity index (χ1n) is 5.49. The average Bonchev–Trinajstić information content (AvgIpc) is 2.84. The molecule has 6 heteroatoms. The molecular formula is C12H14O6. The van der Waals surface area contributed by atoms with Crippen molar-refractivity contribution in [3.8, 4) is 17.2 Å². The third-order valence-electron chi connectivity index (χ3n) is 2.51. The summed E-state index contributed by atoms with van der Waals surface area (Å²) in [7, 11) is 1.48. The Bertz CT molecular complexity index is 456. The lowest BCUT2D eigenvalue weighted by Crippen LogP contribution is -2.16. The standard InChI is InChI=1S/C12H14O6/c1-3-16-12(14)10(13)8-4-7(15-2)5-9-11(8)18-6-17-9/h4-5,10,13H,3,6H2,1-2H3. The van der Waals surface area contributed by atoms with E-state index in [0.717, 1.165) is 0 Å². The largest absolute Gasteiger partial charge is 0.497 e. The summed E-state index contributed by atoms with van der Waals surface area (Å²) in [5, 5.41) is 9.94. The molecule has 0 spiro atoms. The third kappa shape index (κ3) is 2.19. The molecule has 0 amide bonds. The van der Waals surface area contributed by atoms with Crippen molar-refractivity contribution < 1.29 is 28.8 Å². The van der Waals surface area contributed by atoms with E-state index in [2.05, 4.69) is 0 Å². The van der Waals surface area contributed by atoms with Gasteiger partial charge in [-0.05, 0) is 13.0 Å². The van der Waals surface area contributed by atoms with Gasteiger partial charge in [0.2, 0.25) is 6.79 Å². The fourth-order valence-electron chi connectivity index (χ4n) is 1.68. The minimum Gasteiger partial charge on any atom is -0.497 e. The van der Waals surface area contributed by atoms with Crippen LogP contribution >= 0.6 is 0 Å². The minimum absolute atomic E-state index is 0.0467. The molecule has 1 aromatic carbocycles. The van der Waals surface area contributed by atoms with E-state index in [-0.39, 0.29) is 19.0 Å². The number of carbonyl (C=O) groups excluding carboxylic acids is 1. The molecule has 1 aromatic rings. The van der Waals surface area contributed by atoms with Crippen molar-refractivity contribution in [2.75, 3.05) is 20.5 Å². The highest BCUT2D eigenvalue weighted by Gasteiger charge is 2.28. The Morgan fingerprint density at radius 2 is 2.28 bits per heavy atom. The van der Waals surface area contributed by atoms with Gasteiger partial charge in [0.15, 0.2) is 17.6 Å². The van der Waals surface area contributed by atoms with Crippen LogP contribution in [0.3, 0.4) is 0 Å². The lowest BCUT2D eigenvalue weighted by atomic mass is 10.1. The predicted molar refractivity (Wildman–Crippen MR) is 60.7 cm³/mol. The number of esters is 1. The molecule has 0 fully saturated rings. The van der Waals surface area contributed by atoms with Crippen LogP contribution in [0.1, 0.15) is 18.6 Å². The van der Waals surface area contributed by atoms with E-state index in [9.17, 15) is 9.90 Å². The van der Waals surface area contributed by atoms with Crippen molar-refractivity contribution in [1.29, 1.82) is 0 Å². The Labute approximate surface area is 104 Å². The van der Waals surface area contributed by atoms with Crippen LogP contribution in [0.25, 0.3) is 0 Å². The van der Waals surface area contributed by atoms with E-state index < -0.39 is 12.1 Å². The first-order chi connectivity index (χ1) is 8.67. The second-order valence-corrected chi connectivity index (χ2v) is 3.60. The van der Waals surface area contributed by atoms with E-state index in [4.69, 9.17) is 18.9 Å². The topological polar surface area (TPSA) is 74.2 Å². The summed E-state index contributed by atoms with van der Waals surface area (Å²) in [5.41, 5.74) is 0.278. The molecule has 1 N–H and O–H groups in total. The smallest absolute Gasteiger partial charge is 0.339 e. The van der Waals surface area contributed by atoms with Crippen LogP contribution in [0.4, 0.5) is 0 Å². The number of carbonyl (C=O) groups is 1. The van der Waals surface area contributed by atoms with Crippen molar-refractivity contribution in [3.63, 3.8) is 0 Å². The number of hydrogen-bond acceptors (Lipinski definition) is 6. The summed E-state index contributed by atoms with van der Waals surface area (Å²) in [4.78, 5) is 11.5. The summed E-state index contributed by atoms with van der Waals surface area (Å²) in [5.74, 6) is 0.519. The summed E-state index contributed by atoms with van der Waals surface area (Å²) in [6.45, 7) is 1.91. The summed E-state index contributed by atoms with van der Waals surface area (Å²) >= 11 is 0. The van der Waals surface area contributed by atoms with Gasteiger partial charge in [0.05, 0.1) is 13.7 Å². The molecule has 0 radical (unpaired) electrons. The lowest BCUT2D eigenvalue weighted by molar-refractivity contribution is -0.153. The number of aliphatic hydroxyl groups is 1. The van der Waals surface area contributed by atoms with Gasteiger partial charge in [-0.1, -0.05) is 0 Å². The van der Waals surface area contributed by atoms with Crippen LogP contribution in [-0.4, -0.2) is 31.6 Å². The second-order valence-electron chi connectivity index (χ2n) is 3.60. The maximum atomic E-state index is 11.5. The average molecular weight is 254 g/mol. The fraction of sp³-hybridized carbons (Fsp3) is 0.417. The molecule has 0 saturated heterocycles. The Morgan fingerprint density at radius 1 is 1.50 bits per heavy atom. The lowest BCUT2D eigenvalue weighted by Gasteiger charge is -2.13. The molecule has 98 valence electrons. The van der Waals surface area contributed by atoms with Crippen LogP contribution in [0.15, 0.2) is 12.1 Å². The summed E-state index contributed by atoms with van der Waals surface area (Å²) in [6, 6.07) is 3.15. The molecule has 0 aliphatic carbocycles. The van der Waals surface area contributed by atoms with E-state index in [0.29, 0.717) is 17.2 Å². The molecule has 0 aromatic heterocycles. The molecule has 1 atom stereocenters. The molecule has 0 saturated carbocycles. The van der Waals surface area contributed by atoms with E-state index >= 15 is 0 Å². The van der Waals surface area contributed by atoms with Gasteiger partial charge in [-0.3, -0.25) is 0 Å². The summed E-state index contributed by atoms with van der Waals surface area (Å²) < 4.78 is 20.3. The van der Waals surface area contributed by atoms with Crippen molar-refractivity contribution in [1.82, 2.24) is 0 Å². The van der Waals surface area contributed by atoms with Gasteiger partial charge in [-0.25, -0.2) is 4.79 Å². The van der Waals surface area contributed by atoms with Gasteiger partial charge in [0.25, 0.3) is 0 Å². The van der Waals surface area contributed by atoms with Crippen LogP contribution in [0.5, 0.6) is 17.2 Å². The molecule has 0 bridgehead atoms. The monoisotopic (exact) mass is 254 g/mol. The molecule has 1 aliphatic rings. The fourth-order valence-corrected chi connectivity index (χ4v) is 1.68. The third-order valence-corrected chi connectivity index (χ3v) is 2.51. The van der Waals surface area contributed by atoms with Gasteiger partial charge in [-0.2, -0.15) is 0 Å². The highest BCUT2D eigenvalue weighted by Crippen LogP contribution is 2.42. The van der Waals surface area contributed by atoms with Crippen LogP contribution in [0, 0.1) is 0 Å². The first kappa shape index (κ1) is 12.5. The normalized spacial score (nSPS) is 14.2. The van der Waals surface area contributed by atoms with Gasteiger partial charge in [-0.15, -0.1) is 0 Å². The summed E-state index contributed by atoms with van der Waals surface area (Å²) in [6.07, 6.45) is -1.42. The van der Waals surface area contributed by atoms with Crippen molar-refractivity contribution in [2.45, 2.75) is 13.0 Å². The van der Waals surface area contributed by atoms with E-state index in [1.807, 2.05) is 0 Å². The molecule has 18 heavy (non-hydrogen) atoms. The van der Waals surface area contributed by atoms with Crippen LogP contribution in [-0.2, 0) is 9.53 Å². The zero-order chi connectivity index (χ0) is 13.1. The van der Waals surface area contributed by atoms with Crippen molar-refractivity contribution in [2.24, 2.45) is 0 Å². The van der Waals surface area contributed by atoms with Crippen LogP contribution < -0.4 is 14.2 Å². The number of hydrogen-bond donors (Lipinski definition) is 1. The second kappa shape index (κ2) is 5.14. The van der Waals surface area contributed by atoms with Gasteiger partial charge in [0.1, 0.15) is 5.75 Å². The van der Waals surface area contributed by atoms with Gasteiger partial charge in [0, 0.05) is 11.6 Å². The Hall–Kier alpha value is -1.95. The number of methoxy groups -OCH3 is 1. The van der Waals surface area contributed by atoms with E-state index in [1.54, 1.807) is 13.0 Å². The SMILES string of the molecule is CCOC(=O)C(O)c1cc(OC)cc2c1OCO2. The number of aliphatic hydroxyl groups excluding tert-OH is 1. The Morgan fingerprint density at radius 3 is 2.94 bits per heavy atom. The predicted octanol–water partition coefficient (Wildman–Crippen LogP) is 1.02. The van der Waals surface area contributed by atoms with Gasteiger partial charge >= 0.3 is 5.97 Å². The number of rotatable bonds is 4. The number of benzene rings is 1. The first-order valence-corrected chi connectivity index (χ1v) is 5.49. The maximum absolute atomic E-state index is 11.5.